The number of halogens is 4. The third-order valence-electron chi connectivity index (χ3n) is 2.51. The molecule has 2 aromatic carbocycles. The molecule has 0 N–H and O–H groups in total. The first-order valence-electron chi connectivity index (χ1n) is 5.44. The van der Waals surface area contributed by atoms with E-state index >= 15 is 0 Å². The molecule has 0 saturated heterocycles. The number of benzene rings is 2. The molecular weight excluding hydrogens is 336 g/mol. The van der Waals surface area contributed by atoms with Gasteiger partial charge in [-0.2, -0.15) is 0 Å². The van der Waals surface area contributed by atoms with E-state index in [0.29, 0.717) is 11.1 Å². The van der Waals surface area contributed by atoms with Crippen molar-refractivity contribution in [3.63, 3.8) is 0 Å². The minimum atomic E-state index is -0.139. The van der Waals surface area contributed by atoms with Crippen LogP contribution in [0.5, 0.6) is 0 Å². The Hall–Kier alpha value is -1.79. The predicted octanol–water partition coefficient (Wildman–Crippen LogP) is -8.84. The number of ketones is 2. The van der Waals surface area contributed by atoms with Gasteiger partial charge < -0.3 is 18.8 Å². The van der Waals surface area contributed by atoms with Crippen LogP contribution in [0.1, 0.15) is 27.1 Å². The third kappa shape index (κ3) is 7.85. The van der Waals surface area contributed by atoms with Gasteiger partial charge in [-0.15, -0.1) is 0 Å². The molecule has 0 aliphatic carbocycles. The standard InChI is InChI=1S/C15H12O2.4FH.Ti/c16-14(12-7-3-1-4-8-12)11-15(17)13-9-5-2-6-10-13;;;;;/h1-10H,11H2;4*1H;/q;;;;;+4/p-4. The topological polar surface area (TPSA) is 34.1 Å². The Morgan fingerprint density at radius 3 is 1.14 bits per heavy atom. The smallest absolute Gasteiger partial charge is 1.00 e. The van der Waals surface area contributed by atoms with E-state index in [0.717, 1.165) is 0 Å². The molecule has 7 heteroatoms. The molecular formula is C15H12F4O2Ti. The second-order valence-electron chi connectivity index (χ2n) is 3.76. The zero-order valence-electron chi connectivity index (χ0n) is 11.3. The van der Waals surface area contributed by atoms with Crippen LogP contribution in [-0.2, 0) is 21.7 Å². The monoisotopic (exact) mass is 348 g/mol. The van der Waals surface area contributed by atoms with Crippen LogP contribution in [0.3, 0.4) is 0 Å². The Labute approximate surface area is 140 Å². The minimum absolute atomic E-state index is 0. The molecule has 0 fully saturated rings. The van der Waals surface area contributed by atoms with E-state index in [1.54, 1.807) is 48.5 Å². The van der Waals surface area contributed by atoms with E-state index in [1.165, 1.54) is 0 Å². The van der Waals surface area contributed by atoms with Gasteiger partial charge in [0.2, 0.25) is 0 Å². The summed E-state index contributed by atoms with van der Waals surface area (Å²) in [5.74, 6) is -0.279. The van der Waals surface area contributed by atoms with Gasteiger partial charge in [-0.25, -0.2) is 0 Å². The minimum Gasteiger partial charge on any atom is -1.00 e. The fourth-order valence-corrected chi connectivity index (χ4v) is 1.60. The summed E-state index contributed by atoms with van der Waals surface area (Å²) in [5, 5.41) is 0. The van der Waals surface area contributed by atoms with E-state index in [1.807, 2.05) is 12.1 Å². The van der Waals surface area contributed by atoms with E-state index in [4.69, 9.17) is 0 Å². The van der Waals surface area contributed by atoms with Gasteiger partial charge in [0.1, 0.15) is 0 Å². The van der Waals surface area contributed by atoms with Crippen LogP contribution in [-0.4, -0.2) is 11.6 Å². The van der Waals surface area contributed by atoms with Crippen LogP contribution in [0.4, 0.5) is 0 Å². The summed E-state index contributed by atoms with van der Waals surface area (Å²) in [7, 11) is 0. The molecule has 2 nitrogen and oxygen atoms in total. The van der Waals surface area contributed by atoms with Crippen LogP contribution >= 0.6 is 0 Å². The van der Waals surface area contributed by atoms with Crippen molar-refractivity contribution in [2.75, 3.05) is 0 Å². The number of hydrogen-bond donors (Lipinski definition) is 0. The fourth-order valence-electron chi connectivity index (χ4n) is 1.60. The normalized spacial score (nSPS) is 7.64. The van der Waals surface area contributed by atoms with E-state index in [9.17, 15) is 9.59 Å². The van der Waals surface area contributed by atoms with Gasteiger partial charge in [-0.05, 0) is 0 Å². The van der Waals surface area contributed by atoms with Crippen molar-refractivity contribution < 1.29 is 50.1 Å². The van der Waals surface area contributed by atoms with Crippen molar-refractivity contribution in [2.45, 2.75) is 6.42 Å². The molecule has 0 aromatic heterocycles. The van der Waals surface area contributed by atoms with E-state index in [-0.39, 0.29) is 58.5 Å². The molecule has 0 amide bonds. The molecule has 0 saturated carbocycles. The van der Waals surface area contributed by atoms with E-state index < -0.39 is 0 Å². The molecule has 0 aliphatic heterocycles. The van der Waals surface area contributed by atoms with Gasteiger partial charge in [-0.1, -0.05) is 60.7 Å². The maximum Gasteiger partial charge on any atom is 4.00 e. The van der Waals surface area contributed by atoms with Gasteiger partial charge in [0, 0.05) is 11.1 Å². The predicted molar refractivity (Wildman–Crippen MR) is 66.2 cm³/mol. The summed E-state index contributed by atoms with van der Waals surface area (Å²) >= 11 is 0. The Kier molecular flexibility index (Phi) is 18.3. The Balaban J connectivity index is -0.000000324. The molecule has 0 spiro atoms. The molecule has 0 atom stereocenters. The summed E-state index contributed by atoms with van der Waals surface area (Å²) in [6.07, 6.45) is -0.0754. The van der Waals surface area contributed by atoms with Gasteiger partial charge in [0.05, 0.1) is 6.42 Å². The molecule has 0 aliphatic rings. The first kappa shape index (κ1) is 28.4. The quantitative estimate of drug-likeness (QED) is 0.238. The van der Waals surface area contributed by atoms with Crippen molar-refractivity contribution in [1.82, 2.24) is 0 Å². The van der Waals surface area contributed by atoms with Gasteiger partial charge in [0.15, 0.2) is 11.6 Å². The average Bonchev–Trinajstić information content (AvgIpc) is 2.40. The van der Waals surface area contributed by atoms with Crippen LogP contribution in [0.2, 0.25) is 0 Å². The molecule has 0 radical (unpaired) electrons. The van der Waals surface area contributed by atoms with Crippen molar-refractivity contribution >= 4 is 11.6 Å². The summed E-state index contributed by atoms with van der Waals surface area (Å²) in [5.41, 5.74) is 1.16. The van der Waals surface area contributed by atoms with Gasteiger partial charge in [-0.3, -0.25) is 9.59 Å². The van der Waals surface area contributed by atoms with Crippen molar-refractivity contribution in [1.29, 1.82) is 0 Å². The average molecular weight is 348 g/mol. The van der Waals surface area contributed by atoms with Gasteiger partial charge in [0.25, 0.3) is 0 Å². The molecule has 116 valence electrons. The number of Topliss-reactive ketones (excluding diaryl/α,β-unsaturated/α-hetero) is 2. The number of carbonyl (C=O) groups is 2. The Bertz CT molecular complexity index is 486. The zero-order valence-corrected chi connectivity index (χ0v) is 12.9. The summed E-state index contributed by atoms with van der Waals surface area (Å²) in [6, 6.07) is 17.7. The second-order valence-corrected chi connectivity index (χ2v) is 3.76. The molecule has 0 bridgehead atoms. The molecule has 2 rings (SSSR count). The van der Waals surface area contributed by atoms with Crippen LogP contribution in [0.25, 0.3) is 0 Å². The number of carbonyl (C=O) groups excluding carboxylic acids is 2. The first-order chi connectivity index (χ1) is 8.27. The third-order valence-corrected chi connectivity index (χ3v) is 2.51. The van der Waals surface area contributed by atoms with Crippen molar-refractivity contribution in [3.8, 4) is 0 Å². The molecule has 0 heterocycles. The largest absolute Gasteiger partial charge is 4.00 e. The Morgan fingerprint density at radius 1 is 0.591 bits per heavy atom. The SMILES string of the molecule is O=C(CC(=O)c1ccccc1)c1ccccc1.[F-].[F-].[F-].[F-].[Ti+4]. The van der Waals surface area contributed by atoms with Crippen LogP contribution in [0, 0.1) is 0 Å². The molecule has 2 aromatic rings. The summed E-state index contributed by atoms with van der Waals surface area (Å²) in [4.78, 5) is 23.6. The molecule has 0 unspecified atom stereocenters. The van der Waals surface area contributed by atoms with E-state index in [2.05, 4.69) is 0 Å². The fraction of sp³-hybridized carbons (Fsp3) is 0.0667. The first-order valence-corrected chi connectivity index (χ1v) is 5.44. The maximum atomic E-state index is 11.8. The summed E-state index contributed by atoms with van der Waals surface area (Å²) in [6.45, 7) is 0. The number of hydrogen-bond acceptors (Lipinski definition) is 2. The second kappa shape index (κ2) is 14.2. The summed E-state index contributed by atoms with van der Waals surface area (Å²) < 4.78 is 0. The zero-order chi connectivity index (χ0) is 12.1. The number of rotatable bonds is 4. The van der Waals surface area contributed by atoms with Crippen LogP contribution < -0.4 is 18.8 Å². The Morgan fingerprint density at radius 2 is 0.864 bits per heavy atom. The van der Waals surface area contributed by atoms with Crippen molar-refractivity contribution in [3.05, 3.63) is 71.8 Å². The van der Waals surface area contributed by atoms with Crippen LogP contribution in [0.15, 0.2) is 60.7 Å². The maximum absolute atomic E-state index is 11.8. The van der Waals surface area contributed by atoms with Gasteiger partial charge >= 0.3 is 21.7 Å². The molecule has 22 heavy (non-hydrogen) atoms. The van der Waals surface area contributed by atoms with Crippen molar-refractivity contribution in [2.24, 2.45) is 0 Å².